The Kier molecular flexibility index (Phi) is 6.98. The van der Waals surface area contributed by atoms with Gasteiger partial charge in [-0.1, -0.05) is 42.5 Å². The van der Waals surface area contributed by atoms with Crippen molar-refractivity contribution in [3.05, 3.63) is 99.5 Å². The Bertz CT molecular complexity index is 1180. The van der Waals surface area contributed by atoms with E-state index in [0.29, 0.717) is 6.54 Å². The van der Waals surface area contributed by atoms with Crippen LogP contribution in [0.4, 0.5) is 4.39 Å². The molecule has 176 valence electrons. The first-order valence-corrected chi connectivity index (χ1v) is 12.3. The molecule has 34 heavy (non-hydrogen) atoms. The zero-order valence-electron chi connectivity index (χ0n) is 19.7. The van der Waals surface area contributed by atoms with Gasteiger partial charge in [-0.2, -0.15) is 0 Å². The second-order valence-electron chi connectivity index (χ2n) is 9.43. The fourth-order valence-corrected chi connectivity index (χ4v) is 5.19. The van der Waals surface area contributed by atoms with Gasteiger partial charge in [0, 0.05) is 23.0 Å². The summed E-state index contributed by atoms with van der Waals surface area (Å²) in [5, 5.41) is 2.04. The molecule has 1 aliphatic heterocycles. The zero-order valence-corrected chi connectivity index (χ0v) is 20.5. The van der Waals surface area contributed by atoms with Gasteiger partial charge in [0.1, 0.15) is 12.4 Å². The lowest BCUT2D eigenvalue weighted by atomic mass is 9.93. The quantitative estimate of drug-likeness (QED) is 0.443. The molecule has 6 heteroatoms. The summed E-state index contributed by atoms with van der Waals surface area (Å²) < 4.78 is 13.6. The number of hydrogen-bond donors (Lipinski definition) is 0. The highest BCUT2D eigenvalue weighted by molar-refractivity contribution is 7.10. The van der Waals surface area contributed by atoms with E-state index in [0.717, 1.165) is 23.1 Å². The van der Waals surface area contributed by atoms with Crippen LogP contribution in [0.15, 0.2) is 72.1 Å². The molecule has 0 saturated carbocycles. The summed E-state index contributed by atoms with van der Waals surface area (Å²) in [6, 6.07) is 17.7. The fraction of sp³-hybridized carbons (Fsp3) is 0.286. The van der Waals surface area contributed by atoms with Crippen molar-refractivity contribution in [1.82, 2.24) is 9.80 Å². The van der Waals surface area contributed by atoms with Crippen LogP contribution in [-0.2, 0) is 16.0 Å². The van der Waals surface area contributed by atoms with Gasteiger partial charge in [-0.05, 0) is 73.5 Å². The molecule has 0 bridgehead atoms. The molecule has 1 unspecified atom stereocenters. The molecule has 0 spiro atoms. The summed E-state index contributed by atoms with van der Waals surface area (Å²) in [4.78, 5) is 31.5. The first-order chi connectivity index (χ1) is 16.2. The third-order valence-corrected chi connectivity index (χ3v) is 7.06. The van der Waals surface area contributed by atoms with Gasteiger partial charge in [-0.15, -0.1) is 11.3 Å². The van der Waals surface area contributed by atoms with E-state index < -0.39 is 5.54 Å². The number of thiophene rings is 1. The van der Waals surface area contributed by atoms with Crippen molar-refractivity contribution in [2.24, 2.45) is 0 Å². The van der Waals surface area contributed by atoms with Gasteiger partial charge in [0.2, 0.25) is 11.8 Å². The van der Waals surface area contributed by atoms with Gasteiger partial charge in [-0.25, -0.2) is 4.39 Å². The van der Waals surface area contributed by atoms with Crippen molar-refractivity contribution < 1.29 is 14.0 Å². The van der Waals surface area contributed by atoms with Crippen LogP contribution in [-0.4, -0.2) is 40.2 Å². The van der Waals surface area contributed by atoms with Gasteiger partial charge in [0.15, 0.2) is 0 Å². The Morgan fingerprint density at radius 3 is 2.47 bits per heavy atom. The smallest absolute Gasteiger partial charge is 0.247 e. The Morgan fingerprint density at radius 2 is 1.79 bits per heavy atom. The Hall–Kier alpha value is -3.25. The van der Waals surface area contributed by atoms with Gasteiger partial charge in [0.05, 0.1) is 6.04 Å². The predicted octanol–water partition coefficient (Wildman–Crippen LogP) is 5.70. The number of rotatable bonds is 5. The second-order valence-corrected chi connectivity index (χ2v) is 10.4. The van der Waals surface area contributed by atoms with E-state index in [4.69, 9.17) is 0 Å². The molecule has 0 aliphatic carbocycles. The van der Waals surface area contributed by atoms with Crippen LogP contribution in [0.5, 0.6) is 0 Å². The number of nitrogens with zero attached hydrogens (tertiary/aromatic N) is 2. The molecule has 0 N–H and O–H groups in total. The molecule has 2 heterocycles. The average Bonchev–Trinajstić information content (AvgIpc) is 3.30. The van der Waals surface area contributed by atoms with Crippen molar-refractivity contribution in [2.45, 2.75) is 38.8 Å². The minimum Gasteiger partial charge on any atom is -0.330 e. The minimum absolute atomic E-state index is 0.0291. The molecule has 0 radical (unpaired) electrons. The molecular formula is C28H29FN2O2S. The van der Waals surface area contributed by atoms with Crippen molar-refractivity contribution in [3.63, 3.8) is 0 Å². The first kappa shape index (κ1) is 23.9. The number of fused-ring (bicyclic) bond motifs is 1. The highest BCUT2D eigenvalue weighted by Crippen LogP contribution is 2.38. The van der Waals surface area contributed by atoms with Gasteiger partial charge in [-0.3, -0.25) is 9.59 Å². The van der Waals surface area contributed by atoms with Crippen LogP contribution < -0.4 is 0 Å². The third kappa shape index (κ3) is 5.28. The third-order valence-electron chi connectivity index (χ3n) is 6.06. The molecular weight excluding hydrogens is 447 g/mol. The van der Waals surface area contributed by atoms with E-state index in [1.807, 2.05) is 67.4 Å². The molecule has 0 fully saturated rings. The maximum atomic E-state index is 13.7. The van der Waals surface area contributed by atoms with E-state index in [9.17, 15) is 14.0 Å². The maximum absolute atomic E-state index is 13.7. The largest absolute Gasteiger partial charge is 0.330 e. The maximum Gasteiger partial charge on any atom is 0.247 e. The molecule has 4 rings (SSSR count). The second kappa shape index (κ2) is 9.94. The molecule has 1 aliphatic rings. The van der Waals surface area contributed by atoms with Crippen molar-refractivity contribution in [2.75, 3.05) is 13.1 Å². The topological polar surface area (TPSA) is 40.6 Å². The highest BCUT2D eigenvalue weighted by atomic mass is 32.1. The number of carbonyl (C=O) groups is 2. The lowest BCUT2D eigenvalue weighted by Crippen LogP contribution is -2.52. The van der Waals surface area contributed by atoms with E-state index in [-0.39, 0.29) is 30.2 Å². The normalized spacial score (nSPS) is 15.9. The van der Waals surface area contributed by atoms with Crippen LogP contribution in [0, 0.1) is 5.82 Å². The fourth-order valence-electron chi connectivity index (χ4n) is 4.28. The average molecular weight is 477 g/mol. The van der Waals surface area contributed by atoms with Crippen LogP contribution in [0.1, 0.15) is 48.4 Å². The molecule has 2 aromatic carbocycles. The van der Waals surface area contributed by atoms with Gasteiger partial charge < -0.3 is 9.80 Å². The lowest BCUT2D eigenvalue weighted by molar-refractivity contribution is -0.143. The molecule has 4 nitrogen and oxygen atoms in total. The van der Waals surface area contributed by atoms with Crippen LogP contribution in [0.2, 0.25) is 0 Å². The molecule has 2 amide bonds. The molecule has 3 aromatic rings. The Morgan fingerprint density at radius 1 is 1.09 bits per heavy atom. The number of carbonyl (C=O) groups excluding carboxylic acids is 2. The summed E-state index contributed by atoms with van der Waals surface area (Å²) in [5.74, 6) is -0.642. The first-order valence-electron chi connectivity index (χ1n) is 11.4. The molecule has 1 aromatic heterocycles. The number of hydrogen-bond acceptors (Lipinski definition) is 3. The highest BCUT2D eigenvalue weighted by Gasteiger charge is 2.35. The summed E-state index contributed by atoms with van der Waals surface area (Å²) in [6.07, 6.45) is 4.07. The number of amides is 2. The van der Waals surface area contributed by atoms with E-state index in [1.54, 1.807) is 34.4 Å². The number of halogens is 1. The summed E-state index contributed by atoms with van der Waals surface area (Å²) in [6.45, 7) is 6.32. The minimum atomic E-state index is -0.539. The molecule has 1 atom stereocenters. The van der Waals surface area contributed by atoms with Crippen molar-refractivity contribution in [3.8, 4) is 0 Å². The Balaban J connectivity index is 1.59. The van der Waals surface area contributed by atoms with E-state index >= 15 is 0 Å². The van der Waals surface area contributed by atoms with Crippen LogP contribution in [0.25, 0.3) is 6.08 Å². The van der Waals surface area contributed by atoms with Crippen LogP contribution in [0.3, 0.4) is 0 Å². The van der Waals surface area contributed by atoms with Crippen molar-refractivity contribution >= 4 is 29.2 Å². The summed E-state index contributed by atoms with van der Waals surface area (Å²) >= 11 is 1.68. The standard InChI is InChI=1S/C28H29FN2O2S/c1-28(2,3)31(25(32)14-9-20-7-5-4-6-8-20)19-26(33)30-17-15-24-23(16-18-34-24)27(30)21-10-12-22(29)13-11-21/h4-14,16,18,27H,15,17,19H2,1-3H3. The van der Waals surface area contributed by atoms with Gasteiger partial charge >= 0.3 is 0 Å². The van der Waals surface area contributed by atoms with Crippen molar-refractivity contribution in [1.29, 1.82) is 0 Å². The van der Waals surface area contributed by atoms with E-state index in [2.05, 4.69) is 0 Å². The zero-order chi connectivity index (χ0) is 24.3. The Labute approximate surface area is 204 Å². The summed E-state index contributed by atoms with van der Waals surface area (Å²) in [7, 11) is 0. The summed E-state index contributed by atoms with van der Waals surface area (Å²) in [5.41, 5.74) is 2.33. The predicted molar refractivity (Wildman–Crippen MR) is 135 cm³/mol. The lowest BCUT2D eigenvalue weighted by Gasteiger charge is -2.40. The van der Waals surface area contributed by atoms with E-state index in [1.165, 1.54) is 23.1 Å². The number of benzene rings is 2. The molecule has 0 saturated heterocycles. The van der Waals surface area contributed by atoms with Crippen LogP contribution >= 0.6 is 11.3 Å². The monoisotopic (exact) mass is 476 g/mol. The van der Waals surface area contributed by atoms with Gasteiger partial charge in [0.25, 0.3) is 0 Å². The SMILES string of the molecule is CC(C)(C)N(CC(=O)N1CCc2sccc2C1c1ccc(F)cc1)C(=O)C=Cc1ccccc1.